The fourth-order valence-electron chi connectivity index (χ4n) is 1.36. The zero-order valence-electron chi connectivity index (χ0n) is 8.16. The minimum atomic E-state index is -1.19. The van der Waals surface area contributed by atoms with Gasteiger partial charge >= 0.3 is 0 Å². The molecule has 2 N–H and O–H groups in total. The largest absolute Gasteiger partial charge is 0.330 e. The summed E-state index contributed by atoms with van der Waals surface area (Å²) in [6.07, 6.45) is 0.484. The third-order valence-corrected chi connectivity index (χ3v) is 2.99. The van der Waals surface area contributed by atoms with Gasteiger partial charge in [0.25, 0.3) is 0 Å². The molecule has 84 valence electrons. The van der Waals surface area contributed by atoms with Gasteiger partial charge in [-0.2, -0.15) is 0 Å². The fraction of sp³-hybridized carbons (Fsp3) is 0.400. The van der Waals surface area contributed by atoms with Crippen LogP contribution < -0.4 is 5.73 Å². The highest BCUT2D eigenvalue weighted by Crippen LogP contribution is 2.29. The lowest BCUT2D eigenvalue weighted by Crippen LogP contribution is -2.08. The molecule has 15 heavy (non-hydrogen) atoms. The Kier molecular flexibility index (Phi) is 4.16. The van der Waals surface area contributed by atoms with Crippen molar-refractivity contribution in [2.24, 2.45) is 5.73 Å². The summed E-state index contributed by atoms with van der Waals surface area (Å²) in [4.78, 5) is 0. The van der Waals surface area contributed by atoms with E-state index in [0.717, 1.165) is 6.07 Å². The van der Waals surface area contributed by atoms with E-state index in [9.17, 15) is 13.2 Å². The van der Waals surface area contributed by atoms with Gasteiger partial charge in [-0.15, -0.1) is 0 Å². The van der Waals surface area contributed by atoms with Gasteiger partial charge in [0.2, 0.25) is 0 Å². The second-order valence-corrected chi connectivity index (χ2v) is 4.16. The van der Waals surface area contributed by atoms with Gasteiger partial charge in [0.05, 0.1) is 4.47 Å². The van der Waals surface area contributed by atoms with E-state index >= 15 is 0 Å². The van der Waals surface area contributed by atoms with Gasteiger partial charge < -0.3 is 5.73 Å². The molecule has 5 heteroatoms. The highest BCUT2D eigenvalue weighted by Gasteiger charge is 2.20. The second-order valence-electron chi connectivity index (χ2n) is 3.37. The molecule has 0 aliphatic rings. The molecule has 1 rings (SSSR count). The Bertz CT molecular complexity index is 368. The molecule has 0 aliphatic carbocycles. The van der Waals surface area contributed by atoms with Crippen molar-refractivity contribution in [1.82, 2.24) is 0 Å². The van der Waals surface area contributed by atoms with Crippen LogP contribution in [0, 0.1) is 17.5 Å². The van der Waals surface area contributed by atoms with Crippen molar-refractivity contribution in [3.05, 3.63) is 33.6 Å². The van der Waals surface area contributed by atoms with Crippen LogP contribution in [0.25, 0.3) is 0 Å². The van der Waals surface area contributed by atoms with Gasteiger partial charge in [0.15, 0.2) is 11.6 Å². The van der Waals surface area contributed by atoms with Crippen LogP contribution in [0.5, 0.6) is 0 Å². The zero-order valence-corrected chi connectivity index (χ0v) is 9.74. The first-order chi connectivity index (χ1) is 6.99. The minimum absolute atomic E-state index is 0.0265. The SMILES string of the molecule is CC(CCN)c1cc(F)c(Br)c(F)c1F. The quantitative estimate of drug-likeness (QED) is 0.668. The number of hydrogen-bond donors (Lipinski definition) is 1. The molecule has 1 aromatic rings. The molecule has 0 radical (unpaired) electrons. The van der Waals surface area contributed by atoms with Crippen molar-refractivity contribution in [3.8, 4) is 0 Å². The highest BCUT2D eigenvalue weighted by atomic mass is 79.9. The molecule has 0 heterocycles. The minimum Gasteiger partial charge on any atom is -0.330 e. The van der Waals surface area contributed by atoms with E-state index in [1.807, 2.05) is 0 Å². The molecule has 0 amide bonds. The summed E-state index contributed by atoms with van der Waals surface area (Å²) in [7, 11) is 0. The maximum atomic E-state index is 13.4. The maximum absolute atomic E-state index is 13.4. The van der Waals surface area contributed by atoms with Gasteiger partial charge in [-0.3, -0.25) is 0 Å². The average molecular weight is 282 g/mol. The molecule has 1 aromatic carbocycles. The molecule has 1 atom stereocenters. The first kappa shape index (κ1) is 12.5. The van der Waals surface area contributed by atoms with E-state index in [1.54, 1.807) is 6.92 Å². The highest BCUT2D eigenvalue weighted by molar-refractivity contribution is 9.10. The average Bonchev–Trinajstić information content (AvgIpc) is 2.20. The van der Waals surface area contributed by atoms with Crippen LogP contribution in [0.15, 0.2) is 10.5 Å². The third-order valence-electron chi connectivity index (χ3n) is 2.26. The monoisotopic (exact) mass is 281 g/mol. The van der Waals surface area contributed by atoms with Crippen molar-refractivity contribution >= 4 is 15.9 Å². The lowest BCUT2D eigenvalue weighted by atomic mass is 9.97. The summed E-state index contributed by atoms with van der Waals surface area (Å²) < 4.78 is 39.2. The van der Waals surface area contributed by atoms with Crippen LogP contribution >= 0.6 is 15.9 Å². The van der Waals surface area contributed by atoms with Crippen LogP contribution in [-0.2, 0) is 0 Å². The first-order valence-corrected chi connectivity index (χ1v) is 5.31. The van der Waals surface area contributed by atoms with Crippen LogP contribution in [0.4, 0.5) is 13.2 Å². The lowest BCUT2D eigenvalue weighted by Gasteiger charge is -2.13. The van der Waals surface area contributed by atoms with E-state index in [0.29, 0.717) is 13.0 Å². The summed E-state index contributed by atoms with van der Waals surface area (Å²) in [6, 6.07) is 1.00. The summed E-state index contributed by atoms with van der Waals surface area (Å²) in [5.74, 6) is -3.29. The Hall–Kier alpha value is -0.550. The molecular formula is C10H11BrF3N. The normalized spacial score (nSPS) is 12.9. The summed E-state index contributed by atoms with van der Waals surface area (Å²) in [5, 5.41) is 0. The maximum Gasteiger partial charge on any atom is 0.176 e. The molecule has 0 bridgehead atoms. The number of benzene rings is 1. The summed E-state index contributed by atoms with van der Waals surface area (Å²) >= 11 is 2.64. The molecule has 0 spiro atoms. The van der Waals surface area contributed by atoms with Crippen molar-refractivity contribution in [1.29, 1.82) is 0 Å². The van der Waals surface area contributed by atoms with Gasteiger partial charge in [0.1, 0.15) is 5.82 Å². The first-order valence-electron chi connectivity index (χ1n) is 4.52. The third kappa shape index (κ3) is 2.52. The molecule has 0 aliphatic heterocycles. The Labute approximate surface area is 94.6 Å². The Morgan fingerprint density at radius 1 is 1.33 bits per heavy atom. The molecule has 0 aromatic heterocycles. The second kappa shape index (κ2) is 4.99. The van der Waals surface area contributed by atoms with Crippen LogP contribution in [0.2, 0.25) is 0 Å². The summed E-state index contributed by atoms with van der Waals surface area (Å²) in [6.45, 7) is 2.03. The van der Waals surface area contributed by atoms with E-state index < -0.39 is 21.9 Å². The van der Waals surface area contributed by atoms with Crippen LogP contribution in [-0.4, -0.2) is 6.54 Å². The van der Waals surface area contributed by atoms with Crippen LogP contribution in [0.3, 0.4) is 0 Å². The predicted octanol–water partition coefficient (Wildman–Crippen LogP) is 3.32. The number of nitrogens with two attached hydrogens (primary N) is 1. The Morgan fingerprint density at radius 3 is 2.47 bits per heavy atom. The van der Waals surface area contributed by atoms with Gasteiger partial charge in [0, 0.05) is 0 Å². The van der Waals surface area contributed by atoms with Crippen molar-refractivity contribution < 1.29 is 13.2 Å². The standard InChI is InChI=1S/C10H11BrF3N/c1-5(2-3-15)6-4-7(12)8(11)10(14)9(6)13/h4-5H,2-3,15H2,1H3. The number of halogens is 4. The molecular weight excluding hydrogens is 271 g/mol. The van der Waals surface area contributed by atoms with E-state index in [1.165, 1.54) is 0 Å². The van der Waals surface area contributed by atoms with Crippen molar-refractivity contribution in [3.63, 3.8) is 0 Å². The Balaban J connectivity index is 3.19. The smallest absolute Gasteiger partial charge is 0.176 e. The van der Waals surface area contributed by atoms with E-state index in [2.05, 4.69) is 15.9 Å². The van der Waals surface area contributed by atoms with E-state index in [-0.39, 0.29) is 11.5 Å². The van der Waals surface area contributed by atoms with Gasteiger partial charge in [-0.25, -0.2) is 13.2 Å². The molecule has 0 fully saturated rings. The van der Waals surface area contributed by atoms with Gasteiger partial charge in [-0.1, -0.05) is 6.92 Å². The summed E-state index contributed by atoms with van der Waals surface area (Å²) in [5.41, 5.74) is 5.33. The Morgan fingerprint density at radius 2 is 1.93 bits per heavy atom. The molecule has 0 saturated carbocycles. The van der Waals surface area contributed by atoms with E-state index in [4.69, 9.17) is 5.73 Å². The molecule has 1 nitrogen and oxygen atoms in total. The molecule has 1 unspecified atom stereocenters. The number of rotatable bonds is 3. The predicted molar refractivity (Wildman–Crippen MR) is 56.1 cm³/mol. The lowest BCUT2D eigenvalue weighted by molar-refractivity contribution is 0.468. The molecule has 0 saturated heterocycles. The van der Waals surface area contributed by atoms with Crippen LogP contribution in [0.1, 0.15) is 24.8 Å². The van der Waals surface area contributed by atoms with Crippen molar-refractivity contribution in [2.75, 3.05) is 6.54 Å². The van der Waals surface area contributed by atoms with Gasteiger partial charge in [-0.05, 0) is 46.4 Å². The zero-order chi connectivity index (χ0) is 11.6. The van der Waals surface area contributed by atoms with Crippen molar-refractivity contribution in [2.45, 2.75) is 19.3 Å². The number of hydrogen-bond acceptors (Lipinski definition) is 1. The topological polar surface area (TPSA) is 26.0 Å². The fourth-order valence-corrected chi connectivity index (χ4v) is 1.64.